The van der Waals surface area contributed by atoms with E-state index in [2.05, 4.69) is 28.6 Å². The first-order valence-corrected chi connectivity index (χ1v) is 10.9. The molecule has 3 amide bonds. The number of aliphatic hydroxyl groups is 1. The molecule has 0 fully saturated rings. The van der Waals surface area contributed by atoms with Crippen molar-refractivity contribution in [1.82, 2.24) is 16.0 Å². The Bertz CT molecular complexity index is 582. The van der Waals surface area contributed by atoms with Gasteiger partial charge in [-0.15, -0.1) is 0 Å². The van der Waals surface area contributed by atoms with Gasteiger partial charge in [-0.25, -0.2) is 4.79 Å². The lowest BCUT2D eigenvalue weighted by Gasteiger charge is -2.24. The molecule has 12 nitrogen and oxygen atoms in total. The van der Waals surface area contributed by atoms with Crippen LogP contribution in [-0.2, 0) is 19.2 Å². The van der Waals surface area contributed by atoms with E-state index in [-0.39, 0.29) is 18.6 Å². The highest BCUT2D eigenvalue weighted by Gasteiger charge is 2.29. The molecule has 0 saturated carbocycles. The van der Waals surface area contributed by atoms with Gasteiger partial charge in [0.05, 0.1) is 12.6 Å². The molecule has 0 aromatic heterocycles. The fourth-order valence-corrected chi connectivity index (χ4v) is 2.78. The Balaban J connectivity index is 5.19. The van der Waals surface area contributed by atoms with E-state index in [1.54, 1.807) is 0 Å². The Morgan fingerprint density at radius 2 is 1.23 bits per heavy atom. The number of carbonyl (C=O) groups excluding carboxylic acids is 3. The van der Waals surface area contributed by atoms with Crippen molar-refractivity contribution in [2.75, 3.05) is 25.4 Å². The lowest BCUT2D eigenvalue weighted by molar-refractivity contribution is -0.142. The van der Waals surface area contributed by atoms with Crippen LogP contribution in [0.1, 0.15) is 38.5 Å². The average Bonchev–Trinajstić information content (AvgIpc) is 2.74. The van der Waals surface area contributed by atoms with Gasteiger partial charge in [-0.05, 0) is 51.6 Å². The second-order valence-corrected chi connectivity index (χ2v) is 7.43. The predicted octanol–water partition coefficient (Wildman–Crippen LogP) is -2.97. The van der Waals surface area contributed by atoms with Crippen molar-refractivity contribution in [2.45, 2.75) is 62.7 Å². The van der Waals surface area contributed by atoms with Gasteiger partial charge in [0, 0.05) is 5.75 Å². The van der Waals surface area contributed by atoms with Crippen LogP contribution in [0.3, 0.4) is 0 Å². The van der Waals surface area contributed by atoms with Gasteiger partial charge in [-0.3, -0.25) is 14.4 Å². The number of carboxylic acid groups (broad SMARTS) is 1. The van der Waals surface area contributed by atoms with Crippen molar-refractivity contribution in [2.24, 2.45) is 17.2 Å². The Morgan fingerprint density at radius 3 is 1.68 bits per heavy atom. The van der Waals surface area contributed by atoms with Gasteiger partial charge in [-0.2, -0.15) is 12.6 Å². The number of aliphatic carboxylic acids is 1. The van der Waals surface area contributed by atoms with Gasteiger partial charge in [0.15, 0.2) is 0 Å². The van der Waals surface area contributed by atoms with E-state index in [4.69, 9.17) is 17.2 Å². The number of rotatable bonds is 17. The highest BCUT2D eigenvalue weighted by atomic mass is 32.1. The maximum Gasteiger partial charge on any atom is 0.326 e. The zero-order valence-electron chi connectivity index (χ0n) is 17.6. The van der Waals surface area contributed by atoms with E-state index in [0.29, 0.717) is 38.8 Å². The molecular weight excluding hydrogens is 428 g/mol. The maximum atomic E-state index is 12.7. The summed E-state index contributed by atoms with van der Waals surface area (Å²) in [6.45, 7) is 0.0735. The Labute approximate surface area is 187 Å². The average molecular weight is 465 g/mol. The van der Waals surface area contributed by atoms with E-state index in [1.165, 1.54) is 0 Å². The Kier molecular flexibility index (Phi) is 15.7. The van der Waals surface area contributed by atoms with Crippen LogP contribution in [0.15, 0.2) is 0 Å². The van der Waals surface area contributed by atoms with E-state index in [1.807, 2.05) is 0 Å². The third-order valence-electron chi connectivity index (χ3n) is 4.49. The van der Waals surface area contributed by atoms with Gasteiger partial charge < -0.3 is 43.4 Å². The molecule has 0 aromatic carbocycles. The molecule has 0 saturated heterocycles. The summed E-state index contributed by atoms with van der Waals surface area (Å²) in [7, 11) is 0. The summed E-state index contributed by atoms with van der Waals surface area (Å²) >= 11 is 3.90. The minimum atomic E-state index is -1.33. The van der Waals surface area contributed by atoms with Crippen LogP contribution in [0.5, 0.6) is 0 Å². The summed E-state index contributed by atoms with van der Waals surface area (Å²) in [5.74, 6) is -3.32. The maximum absolute atomic E-state index is 12.7. The zero-order chi connectivity index (χ0) is 23.8. The monoisotopic (exact) mass is 464 g/mol. The molecule has 0 rings (SSSR count). The lowest BCUT2D eigenvalue weighted by Crippen LogP contribution is -2.58. The van der Waals surface area contributed by atoms with Crippen LogP contribution in [0, 0.1) is 0 Å². The van der Waals surface area contributed by atoms with Crippen LogP contribution in [0.25, 0.3) is 0 Å². The van der Waals surface area contributed by atoms with E-state index in [9.17, 15) is 29.4 Å². The van der Waals surface area contributed by atoms with E-state index < -0.39 is 54.5 Å². The smallest absolute Gasteiger partial charge is 0.326 e. The third kappa shape index (κ3) is 11.9. The number of hydrogen-bond donors (Lipinski definition) is 9. The fourth-order valence-electron chi connectivity index (χ4n) is 2.61. The summed E-state index contributed by atoms with van der Waals surface area (Å²) < 4.78 is 0. The van der Waals surface area contributed by atoms with Crippen LogP contribution < -0.4 is 33.2 Å². The molecule has 0 aliphatic heterocycles. The second-order valence-electron chi connectivity index (χ2n) is 7.06. The molecule has 31 heavy (non-hydrogen) atoms. The number of amides is 3. The number of carboxylic acids is 1. The molecule has 180 valence electrons. The van der Waals surface area contributed by atoms with Crippen molar-refractivity contribution < 1.29 is 29.4 Å². The summed E-state index contributed by atoms with van der Waals surface area (Å²) in [5, 5.41) is 26.0. The minimum Gasteiger partial charge on any atom is -0.480 e. The highest BCUT2D eigenvalue weighted by molar-refractivity contribution is 7.80. The second kappa shape index (κ2) is 16.7. The van der Waals surface area contributed by atoms with Crippen LogP contribution in [0.2, 0.25) is 0 Å². The molecule has 0 heterocycles. The standard InChI is InChI=1S/C18H36N6O6S/c19-7-3-1-5-12(16(27)23-13(18(29)30)6-2-4-8-20)22-17(28)14(9-25)24-15(26)11(21)10-31/h11-14,25,31H,1-10,19-21H2,(H,22,28)(H,23,27)(H,24,26)(H,29,30)/t11-,12-,13-,14+/m0/s1. The SMILES string of the molecule is NCCCC[C@H](NC(=O)[C@H](CCCCN)NC(=O)[C@@H](CO)NC(=O)[C@@H](N)CS)C(=O)O. The van der Waals surface area contributed by atoms with Gasteiger partial charge in [0.2, 0.25) is 17.7 Å². The lowest BCUT2D eigenvalue weighted by atomic mass is 10.1. The number of nitrogens with one attached hydrogen (secondary N) is 3. The largest absolute Gasteiger partial charge is 0.480 e. The summed E-state index contributed by atoms with van der Waals surface area (Å²) in [6.07, 6.45) is 2.62. The van der Waals surface area contributed by atoms with Crippen LogP contribution in [-0.4, -0.2) is 83.5 Å². The minimum absolute atomic E-state index is 0.0381. The normalized spacial score (nSPS) is 14.7. The number of hydrogen-bond acceptors (Lipinski definition) is 9. The predicted molar refractivity (Wildman–Crippen MR) is 118 cm³/mol. The van der Waals surface area contributed by atoms with Crippen molar-refractivity contribution in [3.05, 3.63) is 0 Å². The van der Waals surface area contributed by atoms with Crippen molar-refractivity contribution >= 4 is 36.3 Å². The topological polar surface area (TPSA) is 223 Å². The summed E-state index contributed by atoms with van der Waals surface area (Å²) in [5.41, 5.74) is 16.4. The molecule has 0 aliphatic rings. The van der Waals surface area contributed by atoms with E-state index >= 15 is 0 Å². The summed E-state index contributed by atoms with van der Waals surface area (Å²) in [4.78, 5) is 48.5. The first-order chi connectivity index (χ1) is 14.7. The molecule has 0 aromatic rings. The number of nitrogens with two attached hydrogens (primary N) is 3. The first-order valence-electron chi connectivity index (χ1n) is 10.2. The fraction of sp³-hybridized carbons (Fsp3) is 0.778. The van der Waals surface area contributed by atoms with Gasteiger partial charge in [0.1, 0.15) is 18.1 Å². The van der Waals surface area contributed by atoms with Crippen molar-refractivity contribution in [3.8, 4) is 0 Å². The third-order valence-corrected chi connectivity index (χ3v) is 4.88. The molecule has 0 bridgehead atoms. The van der Waals surface area contributed by atoms with Crippen molar-refractivity contribution in [1.29, 1.82) is 0 Å². The molecule has 0 aliphatic carbocycles. The first kappa shape index (κ1) is 29.1. The molecule has 0 radical (unpaired) electrons. The Morgan fingerprint density at radius 1 is 0.774 bits per heavy atom. The summed E-state index contributed by atoms with van der Waals surface area (Å²) in [6, 6.07) is -4.50. The number of carbonyl (C=O) groups is 4. The molecule has 11 N–H and O–H groups in total. The van der Waals surface area contributed by atoms with Crippen LogP contribution in [0.4, 0.5) is 0 Å². The molecule has 13 heteroatoms. The molecule has 0 unspecified atom stereocenters. The van der Waals surface area contributed by atoms with Gasteiger partial charge >= 0.3 is 5.97 Å². The molecule has 4 atom stereocenters. The van der Waals surface area contributed by atoms with E-state index in [0.717, 1.165) is 0 Å². The number of aliphatic hydroxyl groups excluding tert-OH is 1. The number of thiol groups is 1. The zero-order valence-corrected chi connectivity index (χ0v) is 18.5. The Hall–Kier alpha value is -1.93. The number of unbranched alkanes of at least 4 members (excludes halogenated alkanes) is 2. The van der Waals surface area contributed by atoms with Crippen molar-refractivity contribution in [3.63, 3.8) is 0 Å². The van der Waals surface area contributed by atoms with Crippen LogP contribution >= 0.6 is 12.6 Å². The quantitative estimate of drug-likeness (QED) is 0.0790. The molecular formula is C18H36N6O6S. The van der Waals surface area contributed by atoms with Gasteiger partial charge in [0.25, 0.3) is 0 Å². The van der Waals surface area contributed by atoms with Gasteiger partial charge in [-0.1, -0.05) is 0 Å². The highest BCUT2D eigenvalue weighted by Crippen LogP contribution is 2.06. The molecule has 0 spiro atoms.